The SMILES string of the molecule is CC(C)(C)OC(=O)N1CCN(C(=O)C(Sc2nc3ccc(Cl)cc3nc2Cl)c2ccccc2)CC1. The van der Waals surface area contributed by atoms with E-state index >= 15 is 0 Å². The van der Waals surface area contributed by atoms with Crippen molar-refractivity contribution in [2.45, 2.75) is 36.6 Å². The molecule has 2 aromatic carbocycles. The minimum absolute atomic E-state index is 0.0703. The number of carbonyl (C=O) groups is 2. The van der Waals surface area contributed by atoms with Crippen LogP contribution in [0.3, 0.4) is 0 Å². The van der Waals surface area contributed by atoms with Crippen LogP contribution in [-0.2, 0) is 9.53 Å². The first-order valence-corrected chi connectivity index (χ1v) is 12.9. The highest BCUT2D eigenvalue weighted by atomic mass is 35.5. The molecule has 1 atom stereocenters. The average molecular weight is 533 g/mol. The molecule has 2 amide bonds. The van der Waals surface area contributed by atoms with Crippen LogP contribution in [0.5, 0.6) is 0 Å². The second-order valence-corrected chi connectivity index (χ2v) is 11.0. The Morgan fingerprint density at radius 3 is 2.26 bits per heavy atom. The van der Waals surface area contributed by atoms with E-state index in [1.54, 1.807) is 28.0 Å². The fourth-order valence-electron chi connectivity index (χ4n) is 3.67. The van der Waals surface area contributed by atoms with Gasteiger partial charge in [0, 0.05) is 31.2 Å². The summed E-state index contributed by atoms with van der Waals surface area (Å²) in [6.07, 6.45) is -0.364. The maximum atomic E-state index is 13.7. The minimum Gasteiger partial charge on any atom is -0.444 e. The van der Waals surface area contributed by atoms with Gasteiger partial charge in [0.2, 0.25) is 5.91 Å². The molecule has 0 N–H and O–H groups in total. The Morgan fingerprint density at radius 2 is 1.60 bits per heavy atom. The number of aromatic nitrogens is 2. The third-order valence-electron chi connectivity index (χ3n) is 5.35. The van der Waals surface area contributed by atoms with Crippen molar-refractivity contribution in [1.82, 2.24) is 19.8 Å². The normalized spacial score (nSPS) is 15.2. The fourth-order valence-corrected chi connectivity index (χ4v) is 5.16. The second kappa shape index (κ2) is 10.6. The molecule has 2 heterocycles. The van der Waals surface area contributed by atoms with Crippen LogP contribution in [0.2, 0.25) is 10.2 Å². The Balaban J connectivity index is 1.54. The summed E-state index contributed by atoms with van der Waals surface area (Å²) < 4.78 is 5.47. The summed E-state index contributed by atoms with van der Waals surface area (Å²) in [6, 6.07) is 14.7. The predicted molar refractivity (Wildman–Crippen MR) is 139 cm³/mol. The first-order valence-electron chi connectivity index (χ1n) is 11.2. The zero-order valence-corrected chi connectivity index (χ0v) is 22.0. The maximum Gasteiger partial charge on any atom is 0.410 e. The van der Waals surface area contributed by atoms with Crippen molar-refractivity contribution in [2.75, 3.05) is 26.2 Å². The Kier molecular flexibility index (Phi) is 7.73. The number of thioether (sulfide) groups is 1. The summed E-state index contributed by atoms with van der Waals surface area (Å²) in [6.45, 7) is 7.15. The van der Waals surface area contributed by atoms with Crippen LogP contribution >= 0.6 is 35.0 Å². The molecule has 1 aromatic heterocycles. The molecule has 1 aliphatic heterocycles. The standard InChI is InChI=1S/C25H26Cl2N4O3S/c1-25(2,3)34-24(33)31-13-11-30(12-14-31)23(32)20(16-7-5-4-6-8-16)35-22-21(27)28-19-15-17(26)9-10-18(19)29-22/h4-10,15,20H,11-14H2,1-3H3. The van der Waals surface area contributed by atoms with E-state index in [0.717, 1.165) is 5.56 Å². The number of hydrogen-bond acceptors (Lipinski definition) is 6. The highest BCUT2D eigenvalue weighted by Gasteiger charge is 2.33. The molecule has 0 spiro atoms. The van der Waals surface area contributed by atoms with Crippen molar-refractivity contribution in [2.24, 2.45) is 0 Å². The molecular formula is C25H26Cl2N4O3S. The number of fused-ring (bicyclic) bond motifs is 1. The van der Waals surface area contributed by atoms with Gasteiger partial charge in [0.15, 0.2) is 5.15 Å². The minimum atomic E-state index is -0.569. The van der Waals surface area contributed by atoms with E-state index in [4.69, 9.17) is 27.9 Å². The molecular weight excluding hydrogens is 507 g/mol. The first kappa shape index (κ1) is 25.5. The van der Waals surface area contributed by atoms with Crippen molar-refractivity contribution < 1.29 is 14.3 Å². The van der Waals surface area contributed by atoms with Gasteiger partial charge >= 0.3 is 6.09 Å². The van der Waals surface area contributed by atoms with Gasteiger partial charge in [0.1, 0.15) is 15.9 Å². The summed E-state index contributed by atoms with van der Waals surface area (Å²) >= 11 is 13.8. The Labute approximate surface area is 218 Å². The monoisotopic (exact) mass is 532 g/mol. The lowest BCUT2D eigenvalue weighted by Crippen LogP contribution is -2.52. The van der Waals surface area contributed by atoms with Gasteiger partial charge < -0.3 is 14.5 Å². The molecule has 1 saturated heterocycles. The third kappa shape index (κ3) is 6.37. The topological polar surface area (TPSA) is 75.6 Å². The fraction of sp³-hybridized carbons (Fsp3) is 0.360. The maximum absolute atomic E-state index is 13.7. The molecule has 0 bridgehead atoms. The van der Waals surface area contributed by atoms with Crippen molar-refractivity contribution >= 4 is 58.0 Å². The van der Waals surface area contributed by atoms with Crippen LogP contribution in [0.25, 0.3) is 11.0 Å². The third-order valence-corrected chi connectivity index (χ3v) is 7.18. The van der Waals surface area contributed by atoms with Crippen LogP contribution in [0.15, 0.2) is 53.6 Å². The smallest absolute Gasteiger partial charge is 0.410 e. The van der Waals surface area contributed by atoms with Crippen molar-refractivity contribution in [1.29, 1.82) is 0 Å². The van der Waals surface area contributed by atoms with Gasteiger partial charge in [-0.05, 0) is 44.5 Å². The molecule has 0 saturated carbocycles. The zero-order chi connectivity index (χ0) is 25.2. The number of carbonyl (C=O) groups excluding carboxylic acids is 2. The highest BCUT2D eigenvalue weighted by molar-refractivity contribution is 8.00. The predicted octanol–water partition coefficient (Wildman–Crippen LogP) is 5.85. The summed E-state index contributed by atoms with van der Waals surface area (Å²) in [5.41, 5.74) is 1.51. The van der Waals surface area contributed by atoms with Crippen molar-refractivity contribution in [3.05, 3.63) is 64.3 Å². The number of benzene rings is 2. The molecule has 184 valence electrons. The number of nitrogens with zero attached hydrogens (tertiary/aromatic N) is 4. The summed E-state index contributed by atoms with van der Waals surface area (Å²) in [4.78, 5) is 38.6. The molecule has 7 nitrogen and oxygen atoms in total. The van der Waals surface area contributed by atoms with Crippen molar-refractivity contribution in [3.63, 3.8) is 0 Å². The molecule has 35 heavy (non-hydrogen) atoms. The second-order valence-electron chi connectivity index (χ2n) is 9.15. The van der Waals surface area contributed by atoms with Crippen LogP contribution in [-0.4, -0.2) is 63.5 Å². The number of halogens is 2. The first-order chi connectivity index (χ1) is 16.6. The average Bonchev–Trinajstić information content (AvgIpc) is 2.82. The molecule has 0 radical (unpaired) electrons. The number of ether oxygens (including phenoxy) is 1. The van der Waals surface area contributed by atoms with E-state index in [1.807, 2.05) is 51.1 Å². The van der Waals surface area contributed by atoms with E-state index in [2.05, 4.69) is 9.97 Å². The van der Waals surface area contributed by atoms with Gasteiger partial charge in [-0.1, -0.05) is 65.3 Å². The van der Waals surface area contributed by atoms with Gasteiger partial charge in [-0.15, -0.1) is 0 Å². The summed E-state index contributed by atoms with van der Waals surface area (Å²) in [7, 11) is 0. The lowest BCUT2D eigenvalue weighted by molar-refractivity contribution is -0.132. The van der Waals surface area contributed by atoms with E-state index < -0.39 is 10.9 Å². The van der Waals surface area contributed by atoms with Gasteiger partial charge in [0.25, 0.3) is 0 Å². The molecule has 0 aliphatic carbocycles. The van der Waals surface area contributed by atoms with E-state index in [-0.39, 0.29) is 17.2 Å². The molecule has 1 fully saturated rings. The largest absolute Gasteiger partial charge is 0.444 e. The highest BCUT2D eigenvalue weighted by Crippen LogP contribution is 2.39. The lowest BCUT2D eigenvalue weighted by Gasteiger charge is -2.37. The number of hydrogen-bond donors (Lipinski definition) is 0. The zero-order valence-electron chi connectivity index (χ0n) is 19.7. The number of piperazine rings is 1. The van der Waals surface area contributed by atoms with Crippen LogP contribution < -0.4 is 0 Å². The van der Waals surface area contributed by atoms with Gasteiger partial charge in [-0.25, -0.2) is 14.8 Å². The van der Waals surface area contributed by atoms with Gasteiger partial charge in [-0.3, -0.25) is 4.79 Å². The lowest BCUT2D eigenvalue weighted by atomic mass is 10.1. The van der Waals surface area contributed by atoms with Crippen LogP contribution in [0.4, 0.5) is 4.79 Å². The molecule has 1 aliphatic rings. The van der Waals surface area contributed by atoms with E-state index in [0.29, 0.717) is 47.3 Å². The number of rotatable bonds is 4. The number of amides is 2. The van der Waals surface area contributed by atoms with E-state index in [1.165, 1.54) is 11.8 Å². The van der Waals surface area contributed by atoms with Crippen LogP contribution in [0.1, 0.15) is 31.6 Å². The summed E-state index contributed by atoms with van der Waals surface area (Å²) in [5.74, 6) is -0.0703. The van der Waals surface area contributed by atoms with E-state index in [9.17, 15) is 9.59 Å². The molecule has 1 unspecified atom stereocenters. The van der Waals surface area contributed by atoms with Gasteiger partial charge in [0.05, 0.1) is 11.0 Å². The van der Waals surface area contributed by atoms with Gasteiger partial charge in [-0.2, -0.15) is 0 Å². The van der Waals surface area contributed by atoms with Crippen molar-refractivity contribution in [3.8, 4) is 0 Å². The summed E-state index contributed by atoms with van der Waals surface area (Å²) in [5, 5.41) is 0.663. The van der Waals surface area contributed by atoms with Crippen LogP contribution in [0, 0.1) is 0 Å². The quantitative estimate of drug-likeness (QED) is 0.392. The molecule has 3 aromatic rings. The molecule has 4 rings (SSSR count). The molecule has 10 heteroatoms. The Morgan fingerprint density at radius 1 is 0.943 bits per heavy atom. The Bertz CT molecular complexity index is 1230. The Hall–Kier alpha value is -2.55.